The van der Waals surface area contributed by atoms with Crippen molar-refractivity contribution >= 4 is 6.09 Å². The molecule has 0 aliphatic heterocycles. The highest BCUT2D eigenvalue weighted by atomic mass is 19.1. The number of para-hydroxylation sites is 2. The second kappa shape index (κ2) is 7.28. The standard InChI is InChI=1S/C16H16FNO3/c1-18(16(19)21-13-7-3-2-4-8-13)11-12-20-15-10-6-5-9-14(15)17/h2-10H,11-12H2,1H3. The molecule has 4 nitrogen and oxygen atoms in total. The van der Waals surface area contributed by atoms with Gasteiger partial charge in [-0.3, -0.25) is 0 Å². The number of rotatable bonds is 5. The second-order valence-corrected chi connectivity index (χ2v) is 4.38. The Morgan fingerprint density at radius 1 is 1.10 bits per heavy atom. The van der Waals surface area contributed by atoms with E-state index < -0.39 is 11.9 Å². The summed E-state index contributed by atoms with van der Waals surface area (Å²) in [5, 5.41) is 0. The van der Waals surface area contributed by atoms with Gasteiger partial charge in [0.15, 0.2) is 11.6 Å². The van der Waals surface area contributed by atoms with Crippen LogP contribution in [0, 0.1) is 5.82 Å². The molecule has 21 heavy (non-hydrogen) atoms. The van der Waals surface area contributed by atoms with E-state index in [9.17, 15) is 9.18 Å². The van der Waals surface area contributed by atoms with Gasteiger partial charge in [-0.2, -0.15) is 0 Å². The monoisotopic (exact) mass is 289 g/mol. The average molecular weight is 289 g/mol. The van der Waals surface area contributed by atoms with Crippen LogP contribution in [0.25, 0.3) is 0 Å². The molecule has 0 fully saturated rings. The van der Waals surface area contributed by atoms with Crippen LogP contribution in [0.15, 0.2) is 54.6 Å². The Labute approximate surface area is 122 Å². The van der Waals surface area contributed by atoms with Crippen LogP contribution < -0.4 is 9.47 Å². The maximum atomic E-state index is 13.3. The SMILES string of the molecule is CN(CCOc1ccccc1F)C(=O)Oc1ccccc1. The van der Waals surface area contributed by atoms with Crippen molar-refractivity contribution in [3.8, 4) is 11.5 Å². The molecular weight excluding hydrogens is 273 g/mol. The first-order valence-corrected chi connectivity index (χ1v) is 6.52. The number of halogens is 1. The van der Waals surface area contributed by atoms with Gasteiger partial charge in [-0.15, -0.1) is 0 Å². The highest BCUT2D eigenvalue weighted by Gasteiger charge is 2.11. The third-order valence-electron chi connectivity index (χ3n) is 2.78. The third kappa shape index (κ3) is 4.49. The van der Waals surface area contributed by atoms with Gasteiger partial charge in [0, 0.05) is 7.05 Å². The van der Waals surface area contributed by atoms with E-state index in [1.54, 1.807) is 43.4 Å². The Kier molecular flexibility index (Phi) is 5.15. The van der Waals surface area contributed by atoms with E-state index in [4.69, 9.17) is 9.47 Å². The van der Waals surface area contributed by atoms with E-state index in [1.165, 1.54) is 17.0 Å². The summed E-state index contributed by atoms with van der Waals surface area (Å²) < 4.78 is 23.8. The number of hydrogen-bond acceptors (Lipinski definition) is 3. The lowest BCUT2D eigenvalue weighted by Crippen LogP contribution is -2.33. The first kappa shape index (κ1) is 14.8. The normalized spacial score (nSPS) is 10.0. The molecule has 2 aromatic carbocycles. The zero-order valence-electron chi connectivity index (χ0n) is 11.7. The molecule has 0 aliphatic rings. The van der Waals surface area contributed by atoms with Crippen molar-refractivity contribution < 1.29 is 18.7 Å². The molecule has 0 saturated carbocycles. The van der Waals surface area contributed by atoms with E-state index in [1.807, 2.05) is 6.07 Å². The zero-order valence-corrected chi connectivity index (χ0v) is 11.7. The van der Waals surface area contributed by atoms with Gasteiger partial charge in [0.25, 0.3) is 0 Å². The topological polar surface area (TPSA) is 38.8 Å². The summed E-state index contributed by atoms with van der Waals surface area (Å²) in [5.74, 6) is 0.221. The molecule has 0 atom stereocenters. The van der Waals surface area contributed by atoms with Gasteiger partial charge in [0.1, 0.15) is 12.4 Å². The fourth-order valence-corrected chi connectivity index (χ4v) is 1.61. The van der Waals surface area contributed by atoms with E-state index in [2.05, 4.69) is 0 Å². The highest BCUT2D eigenvalue weighted by molar-refractivity contribution is 5.70. The summed E-state index contributed by atoms with van der Waals surface area (Å²) >= 11 is 0. The minimum Gasteiger partial charge on any atom is -0.489 e. The van der Waals surface area contributed by atoms with E-state index in [0.717, 1.165) is 0 Å². The summed E-state index contributed by atoms with van der Waals surface area (Å²) in [5.41, 5.74) is 0. The van der Waals surface area contributed by atoms with Gasteiger partial charge >= 0.3 is 6.09 Å². The van der Waals surface area contributed by atoms with Crippen molar-refractivity contribution in [3.63, 3.8) is 0 Å². The summed E-state index contributed by atoms with van der Waals surface area (Å²) in [6, 6.07) is 14.9. The Hall–Kier alpha value is -2.56. The van der Waals surface area contributed by atoms with Crippen molar-refractivity contribution in [2.45, 2.75) is 0 Å². The van der Waals surface area contributed by atoms with Crippen LogP contribution in [0.1, 0.15) is 0 Å². The van der Waals surface area contributed by atoms with Crippen molar-refractivity contribution in [3.05, 3.63) is 60.4 Å². The molecule has 5 heteroatoms. The third-order valence-corrected chi connectivity index (χ3v) is 2.78. The number of ether oxygens (including phenoxy) is 2. The highest BCUT2D eigenvalue weighted by Crippen LogP contribution is 2.15. The van der Waals surface area contributed by atoms with Crippen molar-refractivity contribution in [1.82, 2.24) is 4.90 Å². The van der Waals surface area contributed by atoms with Crippen LogP contribution in [-0.2, 0) is 0 Å². The van der Waals surface area contributed by atoms with Crippen molar-refractivity contribution in [2.75, 3.05) is 20.2 Å². The van der Waals surface area contributed by atoms with Crippen LogP contribution in [0.4, 0.5) is 9.18 Å². The predicted molar refractivity (Wildman–Crippen MR) is 77.0 cm³/mol. The van der Waals surface area contributed by atoms with Gasteiger partial charge in [-0.1, -0.05) is 30.3 Å². The van der Waals surface area contributed by atoms with Gasteiger partial charge in [-0.05, 0) is 24.3 Å². The first-order valence-electron chi connectivity index (χ1n) is 6.52. The molecule has 2 rings (SSSR count). The van der Waals surface area contributed by atoms with Crippen LogP contribution in [-0.4, -0.2) is 31.2 Å². The molecular formula is C16H16FNO3. The molecule has 1 amide bonds. The predicted octanol–water partition coefficient (Wildman–Crippen LogP) is 3.34. The van der Waals surface area contributed by atoms with Crippen LogP contribution in [0.2, 0.25) is 0 Å². The van der Waals surface area contributed by atoms with Crippen LogP contribution in [0.5, 0.6) is 11.5 Å². The molecule has 0 saturated heterocycles. The van der Waals surface area contributed by atoms with Gasteiger partial charge < -0.3 is 14.4 Å². The lowest BCUT2D eigenvalue weighted by atomic mass is 10.3. The zero-order chi connectivity index (χ0) is 15.1. The molecule has 0 spiro atoms. The number of likely N-dealkylation sites (N-methyl/N-ethyl adjacent to an activating group) is 1. The number of hydrogen-bond donors (Lipinski definition) is 0. The maximum Gasteiger partial charge on any atom is 0.415 e. The second-order valence-electron chi connectivity index (χ2n) is 4.38. The maximum absolute atomic E-state index is 13.3. The molecule has 0 bridgehead atoms. The van der Waals surface area contributed by atoms with Gasteiger partial charge in [0.05, 0.1) is 6.54 Å². The van der Waals surface area contributed by atoms with Crippen LogP contribution in [0.3, 0.4) is 0 Å². The van der Waals surface area contributed by atoms with Gasteiger partial charge in [0.2, 0.25) is 0 Å². The number of carbonyl (C=O) groups is 1. The van der Waals surface area contributed by atoms with Crippen molar-refractivity contribution in [2.24, 2.45) is 0 Å². The molecule has 0 aliphatic carbocycles. The Balaban J connectivity index is 1.78. The summed E-state index contributed by atoms with van der Waals surface area (Å²) in [7, 11) is 1.59. The van der Waals surface area contributed by atoms with Gasteiger partial charge in [-0.25, -0.2) is 9.18 Å². The van der Waals surface area contributed by atoms with E-state index >= 15 is 0 Å². The average Bonchev–Trinajstić information content (AvgIpc) is 2.50. The molecule has 2 aromatic rings. The summed E-state index contributed by atoms with van der Waals surface area (Å²) in [6.07, 6.45) is -0.488. The lowest BCUT2D eigenvalue weighted by molar-refractivity contribution is 0.153. The fraction of sp³-hybridized carbons (Fsp3) is 0.188. The quantitative estimate of drug-likeness (QED) is 0.847. The van der Waals surface area contributed by atoms with E-state index in [0.29, 0.717) is 12.3 Å². The molecule has 110 valence electrons. The smallest absolute Gasteiger partial charge is 0.415 e. The summed E-state index contributed by atoms with van der Waals surface area (Å²) in [4.78, 5) is 13.2. The Morgan fingerprint density at radius 2 is 1.76 bits per heavy atom. The first-order chi connectivity index (χ1) is 10.2. The number of benzene rings is 2. The number of nitrogens with zero attached hydrogens (tertiary/aromatic N) is 1. The minimum absolute atomic E-state index is 0.169. The number of carbonyl (C=O) groups excluding carboxylic acids is 1. The number of amides is 1. The lowest BCUT2D eigenvalue weighted by Gasteiger charge is -2.17. The molecule has 0 heterocycles. The molecule has 0 unspecified atom stereocenters. The molecule has 0 aromatic heterocycles. The van der Waals surface area contributed by atoms with E-state index in [-0.39, 0.29) is 12.4 Å². The molecule has 0 radical (unpaired) electrons. The Morgan fingerprint density at radius 3 is 2.48 bits per heavy atom. The molecule has 0 N–H and O–H groups in total. The fourth-order valence-electron chi connectivity index (χ4n) is 1.61. The minimum atomic E-state index is -0.488. The van der Waals surface area contributed by atoms with Crippen molar-refractivity contribution in [1.29, 1.82) is 0 Å². The largest absolute Gasteiger partial charge is 0.489 e. The van der Waals surface area contributed by atoms with Crippen LogP contribution >= 0.6 is 0 Å². The Bertz CT molecular complexity index is 589. The summed E-state index contributed by atoms with van der Waals surface area (Å²) in [6.45, 7) is 0.474.